The Kier molecular flexibility index (Phi) is 5.86. The summed E-state index contributed by atoms with van der Waals surface area (Å²) in [5.41, 5.74) is 0.565. The van der Waals surface area contributed by atoms with E-state index in [2.05, 4.69) is 10.6 Å². The molecule has 1 aromatic heterocycles. The zero-order valence-corrected chi connectivity index (χ0v) is 13.0. The van der Waals surface area contributed by atoms with Gasteiger partial charge in [0.25, 0.3) is 0 Å². The second-order valence-corrected chi connectivity index (χ2v) is 5.67. The lowest BCUT2D eigenvalue weighted by Gasteiger charge is -2.10. The van der Waals surface area contributed by atoms with Crippen LogP contribution in [0.3, 0.4) is 0 Å². The largest absolute Gasteiger partial charge is 0.388 e. The van der Waals surface area contributed by atoms with Crippen molar-refractivity contribution >= 4 is 28.8 Å². The fraction of sp³-hybridized carbons (Fsp3) is 0.188. The Morgan fingerprint density at radius 2 is 2.00 bits per heavy atom. The number of amides is 2. The van der Waals surface area contributed by atoms with Gasteiger partial charge in [0.05, 0.1) is 17.4 Å². The Morgan fingerprint density at radius 3 is 2.70 bits per heavy atom. The SMILES string of the molecule is N#Cc1ccccc1NC(=O)C(=O)NCCC(O)c1cccs1. The average Bonchev–Trinajstić information content (AvgIpc) is 3.09. The minimum Gasteiger partial charge on any atom is -0.388 e. The molecule has 1 aromatic carbocycles. The molecule has 2 aromatic rings. The van der Waals surface area contributed by atoms with Gasteiger partial charge in [-0.2, -0.15) is 5.26 Å². The Bertz CT molecular complexity index is 722. The van der Waals surface area contributed by atoms with Crippen molar-refractivity contribution in [1.29, 1.82) is 5.26 Å². The van der Waals surface area contributed by atoms with Gasteiger partial charge in [-0.3, -0.25) is 9.59 Å². The number of para-hydroxylation sites is 1. The molecule has 0 radical (unpaired) electrons. The molecule has 6 nitrogen and oxygen atoms in total. The number of anilines is 1. The lowest BCUT2D eigenvalue weighted by Crippen LogP contribution is -2.36. The van der Waals surface area contributed by atoms with E-state index in [1.54, 1.807) is 24.3 Å². The predicted molar refractivity (Wildman–Crippen MR) is 86.7 cm³/mol. The van der Waals surface area contributed by atoms with Crippen LogP contribution in [0.25, 0.3) is 0 Å². The van der Waals surface area contributed by atoms with Gasteiger partial charge in [0, 0.05) is 11.4 Å². The molecule has 1 atom stereocenters. The second-order valence-electron chi connectivity index (χ2n) is 4.69. The van der Waals surface area contributed by atoms with Gasteiger partial charge in [0.1, 0.15) is 6.07 Å². The van der Waals surface area contributed by atoms with Gasteiger partial charge in [-0.25, -0.2) is 0 Å². The summed E-state index contributed by atoms with van der Waals surface area (Å²) in [6, 6.07) is 12.0. The van der Waals surface area contributed by atoms with Crippen molar-refractivity contribution < 1.29 is 14.7 Å². The van der Waals surface area contributed by atoms with Gasteiger partial charge >= 0.3 is 11.8 Å². The quantitative estimate of drug-likeness (QED) is 0.728. The number of benzene rings is 1. The summed E-state index contributed by atoms with van der Waals surface area (Å²) in [5.74, 6) is -1.66. The first-order valence-electron chi connectivity index (χ1n) is 6.91. The van der Waals surface area contributed by atoms with Crippen molar-refractivity contribution in [2.24, 2.45) is 0 Å². The van der Waals surface area contributed by atoms with Crippen LogP contribution < -0.4 is 10.6 Å². The lowest BCUT2D eigenvalue weighted by atomic mass is 10.2. The van der Waals surface area contributed by atoms with E-state index in [9.17, 15) is 14.7 Å². The van der Waals surface area contributed by atoms with Crippen LogP contribution in [-0.2, 0) is 9.59 Å². The molecule has 1 heterocycles. The number of nitriles is 1. The molecule has 0 saturated heterocycles. The number of carbonyl (C=O) groups is 2. The average molecular weight is 329 g/mol. The molecule has 2 amide bonds. The number of hydrogen-bond donors (Lipinski definition) is 3. The van der Waals surface area contributed by atoms with Crippen LogP contribution in [-0.4, -0.2) is 23.5 Å². The van der Waals surface area contributed by atoms with E-state index in [4.69, 9.17) is 5.26 Å². The molecule has 3 N–H and O–H groups in total. The third kappa shape index (κ3) is 4.64. The zero-order valence-electron chi connectivity index (χ0n) is 12.2. The van der Waals surface area contributed by atoms with E-state index in [1.165, 1.54) is 11.3 Å². The highest BCUT2D eigenvalue weighted by Gasteiger charge is 2.16. The number of aliphatic hydroxyl groups excluding tert-OH is 1. The normalized spacial score (nSPS) is 11.3. The first kappa shape index (κ1) is 16.7. The Hall–Kier alpha value is -2.69. The van der Waals surface area contributed by atoms with Crippen LogP contribution in [0, 0.1) is 11.3 Å². The smallest absolute Gasteiger partial charge is 0.313 e. The van der Waals surface area contributed by atoms with Gasteiger partial charge in [0.2, 0.25) is 0 Å². The number of hydrogen-bond acceptors (Lipinski definition) is 5. The lowest BCUT2D eigenvalue weighted by molar-refractivity contribution is -0.136. The van der Waals surface area contributed by atoms with E-state index in [0.29, 0.717) is 6.42 Å². The monoisotopic (exact) mass is 329 g/mol. The number of thiophene rings is 1. The molecule has 2 rings (SSSR count). The highest BCUT2D eigenvalue weighted by Crippen LogP contribution is 2.20. The molecular weight excluding hydrogens is 314 g/mol. The van der Waals surface area contributed by atoms with Crippen molar-refractivity contribution in [3.8, 4) is 6.07 Å². The van der Waals surface area contributed by atoms with Crippen molar-refractivity contribution in [2.45, 2.75) is 12.5 Å². The molecule has 7 heteroatoms. The van der Waals surface area contributed by atoms with Crippen molar-refractivity contribution in [3.05, 3.63) is 52.2 Å². The first-order valence-corrected chi connectivity index (χ1v) is 7.79. The summed E-state index contributed by atoms with van der Waals surface area (Å²) in [7, 11) is 0. The van der Waals surface area contributed by atoms with Gasteiger partial charge in [-0.05, 0) is 30.0 Å². The molecule has 0 bridgehead atoms. The van der Waals surface area contributed by atoms with E-state index in [0.717, 1.165) is 4.88 Å². The standard InChI is InChI=1S/C16H15N3O3S/c17-10-11-4-1-2-5-12(11)19-16(22)15(21)18-8-7-13(20)14-6-3-9-23-14/h1-6,9,13,20H,7-8H2,(H,18,21)(H,19,22). The minimum absolute atomic E-state index is 0.172. The van der Waals surface area contributed by atoms with Gasteiger partial charge in [-0.1, -0.05) is 18.2 Å². The number of nitrogens with one attached hydrogen (secondary N) is 2. The van der Waals surface area contributed by atoms with Crippen LogP contribution in [0.15, 0.2) is 41.8 Å². The molecule has 0 fully saturated rings. The van der Waals surface area contributed by atoms with Crippen LogP contribution in [0.4, 0.5) is 5.69 Å². The summed E-state index contributed by atoms with van der Waals surface area (Å²) >= 11 is 1.43. The summed E-state index contributed by atoms with van der Waals surface area (Å²) in [6.07, 6.45) is -0.355. The maximum absolute atomic E-state index is 11.8. The molecule has 0 spiro atoms. The highest BCUT2D eigenvalue weighted by molar-refractivity contribution is 7.10. The molecule has 118 valence electrons. The fourth-order valence-corrected chi connectivity index (χ4v) is 2.64. The molecule has 0 aliphatic carbocycles. The third-order valence-corrected chi connectivity index (χ3v) is 4.05. The maximum atomic E-state index is 11.8. The first-order chi connectivity index (χ1) is 11.1. The molecule has 1 unspecified atom stereocenters. The molecular formula is C16H15N3O3S. The number of carbonyl (C=O) groups excluding carboxylic acids is 2. The fourth-order valence-electron chi connectivity index (χ4n) is 1.89. The zero-order chi connectivity index (χ0) is 16.7. The summed E-state index contributed by atoms with van der Waals surface area (Å²) < 4.78 is 0. The summed E-state index contributed by atoms with van der Waals surface area (Å²) in [4.78, 5) is 24.3. The Balaban J connectivity index is 1.81. The summed E-state index contributed by atoms with van der Waals surface area (Å²) in [6.45, 7) is 0.172. The molecule has 0 aliphatic heterocycles. The van der Waals surface area contributed by atoms with Gasteiger partial charge in [-0.15, -0.1) is 11.3 Å². The van der Waals surface area contributed by atoms with Crippen LogP contribution >= 0.6 is 11.3 Å². The summed E-state index contributed by atoms with van der Waals surface area (Å²) in [5, 5.41) is 25.5. The van der Waals surface area contributed by atoms with E-state index in [1.807, 2.05) is 23.6 Å². The van der Waals surface area contributed by atoms with Crippen LogP contribution in [0.5, 0.6) is 0 Å². The van der Waals surface area contributed by atoms with Crippen molar-refractivity contribution in [2.75, 3.05) is 11.9 Å². The number of nitrogens with zero attached hydrogens (tertiary/aromatic N) is 1. The maximum Gasteiger partial charge on any atom is 0.313 e. The number of rotatable bonds is 5. The van der Waals surface area contributed by atoms with Crippen LogP contribution in [0.2, 0.25) is 0 Å². The van der Waals surface area contributed by atoms with Crippen molar-refractivity contribution in [3.63, 3.8) is 0 Å². The molecule has 0 aliphatic rings. The number of aliphatic hydroxyl groups is 1. The van der Waals surface area contributed by atoms with E-state index < -0.39 is 17.9 Å². The minimum atomic E-state index is -0.849. The topological polar surface area (TPSA) is 102 Å². The molecule has 23 heavy (non-hydrogen) atoms. The van der Waals surface area contributed by atoms with Crippen LogP contribution in [0.1, 0.15) is 23.0 Å². The third-order valence-electron chi connectivity index (χ3n) is 3.08. The van der Waals surface area contributed by atoms with E-state index >= 15 is 0 Å². The van der Waals surface area contributed by atoms with Gasteiger partial charge < -0.3 is 15.7 Å². The van der Waals surface area contributed by atoms with E-state index in [-0.39, 0.29) is 17.8 Å². The van der Waals surface area contributed by atoms with Crippen molar-refractivity contribution in [1.82, 2.24) is 5.32 Å². The highest BCUT2D eigenvalue weighted by atomic mass is 32.1. The second kappa shape index (κ2) is 8.08. The predicted octanol–water partition coefficient (Wildman–Crippen LogP) is 1.80. The molecule has 0 saturated carbocycles. The van der Waals surface area contributed by atoms with Gasteiger partial charge in [0.15, 0.2) is 0 Å². The Morgan fingerprint density at radius 1 is 1.22 bits per heavy atom. The Labute approximate surface area is 137 Å².